The second kappa shape index (κ2) is 6.73. The van der Waals surface area contributed by atoms with Crippen LogP contribution in [0.2, 0.25) is 0 Å². The van der Waals surface area contributed by atoms with Gasteiger partial charge in [-0.05, 0) is 30.7 Å². The maximum Gasteiger partial charge on any atom is 0.343 e. The Bertz CT molecular complexity index is 1400. The molecule has 2 aliphatic rings. The quantitative estimate of drug-likeness (QED) is 0.497. The normalized spacial score (nSPS) is 14.4. The van der Waals surface area contributed by atoms with Crippen LogP contribution in [0.1, 0.15) is 12.5 Å². The van der Waals surface area contributed by atoms with E-state index in [0.717, 1.165) is 6.07 Å². The van der Waals surface area contributed by atoms with Crippen LogP contribution in [0.4, 0.5) is 20.2 Å². The maximum atomic E-state index is 14.7. The van der Waals surface area contributed by atoms with Crippen molar-refractivity contribution in [2.75, 3.05) is 11.5 Å². The summed E-state index contributed by atoms with van der Waals surface area (Å²) < 4.78 is 39.6. The minimum atomic E-state index is -1.25. The molecule has 2 aromatic carbocycles. The molecule has 0 spiro atoms. The van der Waals surface area contributed by atoms with Crippen LogP contribution in [0.5, 0.6) is 11.5 Å². The first kappa shape index (κ1) is 18.9. The third kappa shape index (κ3) is 2.79. The van der Waals surface area contributed by atoms with Gasteiger partial charge in [-0.3, -0.25) is 9.59 Å². The average Bonchev–Trinajstić information content (AvgIpc) is 2.88. The van der Waals surface area contributed by atoms with Crippen molar-refractivity contribution in [2.24, 2.45) is 0 Å². The van der Waals surface area contributed by atoms with Crippen LogP contribution >= 0.6 is 0 Å². The molecule has 3 heterocycles. The van der Waals surface area contributed by atoms with Crippen molar-refractivity contribution in [3.8, 4) is 11.5 Å². The molecular formula is C21H13F2N3O5. The molecule has 5 rings (SSSR count). The number of ketones is 1. The Morgan fingerprint density at radius 2 is 2.10 bits per heavy atom. The molecule has 0 fully saturated rings. The Morgan fingerprint density at radius 3 is 2.87 bits per heavy atom. The lowest BCUT2D eigenvalue weighted by Gasteiger charge is -2.31. The summed E-state index contributed by atoms with van der Waals surface area (Å²) in [5.74, 6) is -4.34. The second-order valence-electron chi connectivity index (χ2n) is 6.91. The van der Waals surface area contributed by atoms with E-state index in [1.807, 2.05) is 0 Å². The van der Waals surface area contributed by atoms with Gasteiger partial charge in [-0.1, -0.05) is 0 Å². The summed E-state index contributed by atoms with van der Waals surface area (Å²) >= 11 is 0. The summed E-state index contributed by atoms with van der Waals surface area (Å²) in [5, 5.41) is 0.169. The number of anilines is 2. The molecule has 31 heavy (non-hydrogen) atoms. The van der Waals surface area contributed by atoms with Crippen molar-refractivity contribution >= 4 is 34.0 Å². The van der Waals surface area contributed by atoms with Gasteiger partial charge in [0, 0.05) is 12.6 Å². The van der Waals surface area contributed by atoms with Crippen LogP contribution < -0.4 is 15.2 Å². The van der Waals surface area contributed by atoms with Gasteiger partial charge in [0.15, 0.2) is 23.1 Å². The van der Waals surface area contributed by atoms with Crippen LogP contribution in [0, 0.1) is 11.6 Å². The Kier molecular flexibility index (Phi) is 4.10. The molecule has 0 amide bonds. The maximum absolute atomic E-state index is 14.7. The highest BCUT2D eigenvalue weighted by molar-refractivity contribution is 6.19. The van der Waals surface area contributed by atoms with E-state index < -0.39 is 34.7 Å². The highest BCUT2D eigenvalue weighted by atomic mass is 19.2. The second-order valence-corrected chi connectivity index (χ2v) is 6.91. The van der Waals surface area contributed by atoms with Gasteiger partial charge < -0.3 is 19.4 Å². The van der Waals surface area contributed by atoms with Crippen molar-refractivity contribution in [3.05, 3.63) is 63.9 Å². The monoisotopic (exact) mass is 425 g/mol. The number of nitrogens with one attached hydrogen (secondary N) is 1. The van der Waals surface area contributed by atoms with E-state index in [2.05, 4.69) is 9.97 Å². The minimum Gasteiger partial charge on any atom is -0.462 e. The predicted molar refractivity (Wildman–Crippen MR) is 104 cm³/mol. The number of halogens is 2. The lowest BCUT2D eigenvalue weighted by molar-refractivity contribution is -0.139. The summed E-state index contributed by atoms with van der Waals surface area (Å²) in [6.45, 7) is 1.64. The molecule has 1 N–H and O–H groups in total. The number of fused-ring (bicyclic) bond motifs is 3. The van der Waals surface area contributed by atoms with Crippen LogP contribution in [0.3, 0.4) is 0 Å². The predicted octanol–water partition coefficient (Wildman–Crippen LogP) is 3.02. The fraction of sp³-hybridized carbons (Fsp3) is 0.143. The summed E-state index contributed by atoms with van der Waals surface area (Å²) in [6, 6.07) is 3.75. The molecular weight excluding hydrogens is 412 g/mol. The zero-order chi connectivity index (χ0) is 21.9. The molecule has 0 saturated carbocycles. The molecule has 0 unspecified atom stereocenters. The third-order valence-electron chi connectivity index (χ3n) is 5.07. The number of carbonyl (C=O) groups is 2. The number of carbonyl (C=O) groups excluding carboxylic acids is 2. The Labute approximate surface area is 172 Å². The number of benzene rings is 2. The SMILES string of the molecule is CCOC(=O)C1=CN2c3cc4nc[nH]c(=O)c4cc3Oc3c(F)c(F)cc(c32)CC1=O. The number of Topliss-reactive ketones (excluding diaryl/α,β-unsaturated/α-hetero) is 1. The lowest BCUT2D eigenvalue weighted by atomic mass is 10.0. The molecule has 10 heteroatoms. The first-order chi connectivity index (χ1) is 14.9. The summed E-state index contributed by atoms with van der Waals surface area (Å²) in [4.78, 5) is 45.2. The number of aromatic amines is 1. The number of H-pyrrole nitrogens is 1. The van der Waals surface area contributed by atoms with Gasteiger partial charge in [-0.2, -0.15) is 4.39 Å². The first-order valence-electron chi connectivity index (χ1n) is 9.30. The van der Waals surface area contributed by atoms with Crippen molar-refractivity contribution in [3.63, 3.8) is 0 Å². The highest BCUT2D eigenvalue weighted by Crippen LogP contribution is 2.52. The van der Waals surface area contributed by atoms with Gasteiger partial charge in [0.05, 0.1) is 35.2 Å². The zero-order valence-electron chi connectivity index (χ0n) is 16.0. The van der Waals surface area contributed by atoms with E-state index in [1.165, 1.54) is 29.6 Å². The van der Waals surface area contributed by atoms with Crippen molar-refractivity contribution in [2.45, 2.75) is 13.3 Å². The molecule has 1 aromatic heterocycles. The topological polar surface area (TPSA) is 102 Å². The molecule has 156 valence electrons. The van der Waals surface area contributed by atoms with Crippen LogP contribution in [0.25, 0.3) is 10.9 Å². The number of rotatable bonds is 2. The number of nitrogens with zero attached hydrogens (tertiary/aromatic N) is 2. The Hall–Kier alpha value is -4.08. The molecule has 8 nitrogen and oxygen atoms in total. The standard InChI is InChI=1S/C21H13F2N3O5/c1-2-30-21(29)11-7-26-14-6-13-10(20(28)25-8-24-13)5-16(14)31-19-17(23)12(22)3-9(18(19)26)4-15(11)27/h3,5-8H,2,4H2,1H3,(H,24,25,28). The van der Waals surface area contributed by atoms with E-state index in [4.69, 9.17) is 9.47 Å². The van der Waals surface area contributed by atoms with Crippen molar-refractivity contribution < 1.29 is 27.8 Å². The Morgan fingerprint density at radius 1 is 1.29 bits per heavy atom. The van der Waals surface area contributed by atoms with Gasteiger partial charge in [0.1, 0.15) is 5.57 Å². The summed E-state index contributed by atoms with van der Waals surface area (Å²) in [5.41, 5.74) is 0.0949. The number of esters is 1. The van der Waals surface area contributed by atoms with Crippen molar-refractivity contribution in [1.82, 2.24) is 9.97 Å². The van der Waals surface area contributed by atoms with Crippen LogP contribution in [0.15, 0.2) is 41.1 Å². The van der Waals surface area contributed by atoms with Gasteiger partial charge >= 0.3 is 5.97 Å². The molecule has 0 atom stereocenters. The largest absolute Gasteiger partial charge is 0.462 e. The Balaban J connectivity index is 1.83. The number of hydrogen-bond donors (Lipinski definition) is 1. The van der Waals surface area contributed by atoms with E-state index in [-0.39, 0.29) is 41.0 Å². The number of aromatic nitrogens is 2. The minimum absolute atomic E-state index is 0.0303. The average molecular weight is 425 g/mol. The summed E-state index contributed by atoms with van der Waals surface area (Å²) in [7, 11) is 0. The number of ether oxygens (including phenoxy) is 2. The lowest BCUT2D eigenvalue weighted by Crippen LogP contribution is -2.20. The van der Waals surface area contributed by atoms with E-state index in [0.29, 0.717) is 11.2 Å². The van der Waals surface area contributed by atoms with E-state index >= 15 is 0 Å². The first-order valence-corrected chi connectivity index (χ1v) is 9.30. The molecule has 0 bridgehead atoms. The molecule has 0 radical (unpaired) electrons. The van der Waals surface area contributed by atoms with Gasteiger partial charge in [0.25, 0.3) is 5.56 Å². The van der Waals surface area contributed by atoms with Crippen LogP contribution in [-0.2, 0) is 20.7 Å². The fourth-order valence-electron chi connectivity index (χ4n) is 3.70. The van der Waals surface area contributed by atoms with Crippen molar-refractivity contribution in [1.29, 1.82) is 0 Å². The smallest absolute Gasteiger partial charge is 0.343 e. The molecule has 2 aliphatic heterocycles. The fourth-order valence-corrected chi connectivity index (χ4v) is 3.70. The van der Waals surface area contributed by atoms with Crippen LogP contribution in [-0.4, -0.2) is 28.3 Å². The molecule has 0 saturated heterocycles. The third-order valence-corrected chi connectivity index (χ3v) is 5.07. The molecule has 0 aliphatic carbocycles. The van der Waals surface area contributed by atoms with Gasteiger partial charge in [0.2, 0.25) is 5.82 Å². The summed E-state index contributed by atoms with van der Waals surface area (Å²) in [6.07, 6.45) is 2.08. The molecule has 3 aromatic rings. The number of hydrogen-bond acceptors (Lipinski definition) is 7. The van der Waals surface area contributed by atoms with E-state index in [1.54, 1.807) is 6.92 Å². The zero-order valence-corrected chi connectivity index (χ0v) is 16.0. The van der Waals surface area contributed by atoms with Gasteiger partial charge in [-0.25, -0.2) is 14.2 Å². The van der Waals surface area contributed by atoms with Gasteiger partial charge in [-0.15, -0.1) is 0 Å². The van der Waals surface area contributed by atoms with E-state index in [9.17, 15) is 23.2 Å². The highest BCUT2D eigenvalue weighted by Gasteiger charge is 2.36.